The van der Waals surface area contributed by atoms with Crippen LogP contribution in [0, 0.1) is 0 Å². The summed E-state index contributed by atoms with van der Waals surface area (Å²) in [6, 6.07) is 0.116. The molecule has 9 heteroatoms. The molecule has 1 aromatic rings. The number of tetrazole rings is 1. The van der Waals surface area contributed by atoms with Gasteiger partial charge in [-0.05, 0) is 30.7 Å². The van der Waals surface area contributed by atoms with Gasteiger partial charge in [-0.25, -0.2) is 4.68 Å². The van der Waals surface area contributed by atoms with Crippen LogP contribution in [0.3, 0.4) is 0 Å². The lowest BCUT2D eigenvalue weighted by molar-refractivity contribution is -0.138. The van der Waals surface area contributed by atoms with E-state index in [1.54, 1.807) is 6.92 Å². The van der Waals surface area contributed by atoms with Gasteiger partial charge in [-0.3, -0.25) is 9.59 Å². The van der Waals surface area contributed by atoms with Gasteiger partial charge in [0.1, 0.15) is 6.54 Å². The number of carboxylic acids is 1. The van der Waals surface area contributed by atoms with Gasteiger partial charge in [0.25, 0.3) is 0 Å². The topological polar surface area (TPSA) is 110 Å². The van der Waals surface area contributed by atoms with Crippen LogP contribution in [-0.4, -0.2) is 48.5 Å². The second-order valence-electron chi connectivity index (χ2n) is 4.47. The molecule has 0 radical (unpaired) electrons. The molecule has 0 aromatic carbocycles. The third-order valence-corrected chi connectivity index (χ3v) is 3.62. The standard InChI is InChI=1S/C11H19N5O3S/c1-4-5-7(2)12-10(19)8(3)20-11-13-14-15-16(11)6-9(17)18/h7-8H,4-6H2,1-3H3,(H,12,19)(H,17,18). The van der Waals surface area contributed by atoms with Crippen molar-refractivity contribution in [3.8, 4) is 0 Å². The molecule has 0 aliphatic rings. The van der Waals surface area contributed by atoms with E-state index in [1.165, 1.54) is 0 Å². The van der Waals surface area contributed by atoms with Crippen LogP contribution in [0.1, 0.15) is 33.6 Å². The SMILES string of the molecule is CCCC(C)NC(=O)C(C)Sc1nnnn1CC(=O)O. The van der Waals surface area contributed by atoms with Crippen LogP contribution in [-0.2, 0) is 16.1 Å². The number of carbonyl (C=O) groups is 2. The van der Waals surface area contributed by atoms with Crippen molar-refractivity contribution in [3.63, 3.8) is 0 Å². The van der Waals surface area contributed by atoms with Crippen molar-refractivity contribution in [2.75, 3.05) is 0 Å². The molecule has 2 atom stereocenters. The smallest absolute Gasteiger partial charge is 0.325 e. The van der Waals surface area contributed by atoms with Crippen LogP contribution in [0.15, 0.2) is 5.16 Å². The normalized spacial score (nSPS) is 13.8. The summed E-state index contributed by atoms with van der Waals surface area (Å²) in [6.45, 7) is 5.42. The zero-order valence-corrected chi connectivity index (χ0v) is 12.6. The number of amides is 1. The average molecular weight is 301 g/mol. The first-order chi connectivity index (χ1) is 9.43. The molecule has 0 fully saturated rings. The van der Waals surface area contributed by atoms with Crippen molar-refractivity contribution in [1.82, 2.24) is 25.5 Å². The molecule has 2 unspecified atom stereocenters. The maximum Gasteiger partial charge on any atom is 0.325 e. The number of rotatable bonds is 8. The number of thioether (sulfide) groups is 1. The van der Waals surface area contributed by atoms with E-state index in [9.17, 15) is 9.59 Å². The Labute approximate surface area is 121 Å². The first-order valence-electron chi connectivity index (χ1n) is 6.39. The van der Waals surface area contributed by atoms with Gasteiger partial charge in [0.15, 0.2) is 0 Å². The van der Waals surface area contributed by atoms with E-state index in [2.05, 4.69) is 27.8 Å². The molecule has 112 valence electrons. The van der Waals surface area contributed by atoms with Crippen LogP contribution >= 0.6 is 11.8 Å². The third kappa shape index (κ3) is 5.16. The average Bonchev–Trinajstić information content (AvgIpc) is 2.75. The van der Waals surface area contributed by atoms with Crippen molar-refractivity contribution >= 4 is 23.6 Å². The third-order valence-electron chi connectivity index (χ3n) is 2.55. The van der Waals surface area contributed by atoms with Gasteiger partial charge >= 0.3 is 5.97 Å². The zero-order valence-electron chi connectivity index (χ0n) is 11.7. The minimum atomic E-state index is -1.03. The molecule has 0 saturated heterocycles. The van der Waals surface area contributed by atoms with E-state index in [0.717, 1.165) is 29.3 Å². The molecule has 0 aliphatic heterocycles. The predicted octanol–water partition coefficient (Wildman–Crippen LogP) is 0.543. The monoisotopic (exact) mass is 301 g/mol. The van der Waals surface area contributed by atoms with Crippen LogP contribution in [0.2, 0.25) is 0 Å². The van der Waals surface area contributed by atoms with E-state index in [1.807, 2.05) is 6.92 Å². The van der Waals surface area contributed by atoms with E-state index in [-0.39, 0.29) is 18.5 Å². The highest BCUT2D eigenvalue weighted by Crippen LogP contribution is 2.20. The number of aromatic nitrogens is 4. The van der Waals surface area contributed by atoms with E-state index < -0.39 is 11.2 Å². The van der Waals surface area contributed by atoms with Crippen LogP contribution in [0.5, 0.6) is 0 Å². The molecule has 1 aromatic heterocycles. The molecule has 0 spiro atoms. The first-order valence-corrected chi connectivity index (χ1v) is 7.27. The molecule has 0 bridgehead atoms. The van der Waals surface area contributed by atoms with Crippen LogP contribution in [0.25, 0.3) is 0 Å². The summed E-state index contributed by atoms with van der Waals surface area (Å²) in [5.41, 5.74) is 0. The second kappa shape index (κ2) is 7.83. The summed E-state index contributed by atoms with van der Waals surface area (Å²) in [7, 11) is 0. The van der Waals surface area contributed by atoms with E-state index in [0.29, 0.717) is 5.16 Å². The molecule has 0 aliphatic carbocycles. The summed E-state index contributed by atoms with van der Waals surface area (Å²) >= 11 is 1.14. The Hall–Kier alpha value is -1.64. The number of hydrogen-bond acceptors (Lipinski definition) is 6. The van der Waals surface area contributed by atoms with Crippen molar-refractivity contribution in [2.24, 2.45) is 0 Å². The fourth-order valence-corrected chi connectivity index (χ4v) is 2.38. The molecule has 2 N–H and O–H groups in total. The molecule has 0 saturated carbocycles. The van der Waals surface area contributed by atoms with Gasteiger partial charge in [0.2, 0.25) is 11.1 Å². The lowest BCUT2D eigenvalue weighted by atomic mass is 10.2. The molecule has 1 heterocycles. The quantitative estimate of drug-likeness (QED) is 0.674. The summed E-state index contributed by atoms with van der Waals surface area (Å²) in [5, 5.41) is 22.3. The minimum Gasteiger partial charge on any atom is -0.480 e. The predicted molar refractivity (Wildman–Crippen MR) is 73.3 cm³/mol. The first kappa shape index (κ1) is 16.4. The highest BCUT2D eigenvalue weighted by atomic mass is 32.2. The van der Waals surface area contributed by atoms with Crippen LogP contribution in [0.4, 0.5) is 0 Å². The summed E-state index contributed by atoms with van der Waals surface area (Å²) in [6.07, 6.45) is 1.92. The Bertz CT molecular complexity index is 465. The molecular formula is C11H19N5O3S. The zero-order chi connectivity index (χ0) is 15.1. The molecule has 8 nitrogen and oxygen atoms in total. The Morgan fingerprint density at radius 2 is 2.15 bits per heavy atom. The van der Waals surface area contributed by atoms with E-state index in [4.69, 9.17) is 5.11 Å². The number of nitrogens with one attached hydrogen (secondary N) is 1. The maximum absolute atomic E-state index is 12.0. The number of carboxylic acid groups (broad SMARTS) is 1. The Morgan fingerprint density at radius 3 is 2.75 bits per heavy atom. The number of nitrogens with zero attached hydrogens (tertiary/aromatic N) is 4. The van der Waals surface area contributed by atoms with Crippen molar-refractivity contribution < 1.29 is 14.7 Å². The van der Waals surface area contributed by atoms with Gasteiger partial charge in [0, 0.05) is 6.04 Å². The number of carbonyl (C=O) groups excluding carboxylic acids is 1. The number of hydrogen-bond donors (Lipinski definition) is 2. The van der Waals surface area contributed by atoms with Crippen molar-refractivity contribution in [2.45, 2.75) is 56.6 Å². The largest absolute Gasteiger partial charge is 0.480 e. The Balaban J connectivity index is 2.57. The van der Waals surface area contributed by atoms with Crippen molar-refractivity contribution in [1.29, 1.82) is 0 Å². The highest BCUT2D eigenvalue weighted by Gasteiger charge is 2.20. The molecule has 1 rings (SSSR count). The van der Waals surface area contributed by atoms with Gasteiger partial charge in [0.05, 0.1) is 5.25 Å². The van der Waals surface area contributed by atoms with E-state index >= 15 is 0 Å². The van der Waals surface area contributed by atoms with Gasteiger partial charge in [-0.1, -0.05) is 25.1 Å². The minimum absolute atomic E-state index is 0.110. The molecule has 20 heavy (non-hydrogen) atoms. The molecule has 1 amide bonds. The van der Waals surface area contributed by atoms with Crippen LogP contribution < -0.4 is 5.32 Å². The summed E-state index contributed by atoms with van der Waals surface area (Å²) in [4.78, 5) is 22.6. The lowest BCUT2D eigenvalue weighted by Crippen LogP contribution is -2.37. The van der Waals surface area contributed by atoms with Crippen molar-refractivity contribution in [3.05, 3.63) is 0 Å². The maximum atomic E-state index is 12.0. The van der Waals surface area contributed by atoms with Gasteiger partial charge in [-0.2, -0.15) is 0 Å². The second-order valence-corrected chi connectivity index (χ2v) is 5.78. The lowest BCUT2D eigenvalue weighted by Gasteiger charge is -2.16. The summed E-state index contributed by atoms with van der Waals surface area (Å²) < 4.78 is 1.16. The van der Waals surface area contributed by atoms with Gasteiger partial charge in [-0.15, -0.1) is 5.10 Å². The fraction of sp³-hybridized carbons (Fsp3) is 0.727. The molecular weight excluding hydrogens is 282 g/mol. The Morgan fingerprint density at radius 1 is 1.45 bits per heavy atom. The summed E-state index contributed by atoms with van der Waals surface area (Å²) in [5.74, 6) is -1.14. The fourth-order valence-electron chi connectivity index (χ4n) is 1.59. The van der Waals surface area contributed by atoms with Gasteiger partial charge < -0.3 is 10.4 Å². The number of aliphatic carboxylic acids is 1. The highest BCUT2D eigenvalue weighted by molar-refractivity contribution is 8.00. The Kier molecular flexibility index (Phi) is 6.43.